The Kier molecular flexibility index (Phi) is 6.65. The third-order valence-electron chi connectivity index (χ3n) is 6.23. The summed E-state index contributed by atoms with van der Waals surface area (Å²) in [4.78, 5) is 13.6. The highest BCUT2D eigenvalue weighted by Crippen LogP contribution is 2.48. The SMILES string of the molecule is CCc1cc(C)cc(CC)c1C1=C(OCC(C)C)CC2(CCOCC2)CC1=O. The molecule has 28 heavy (non-hydrogen) atoms. The molecule has 2 aliphatic rings. The summed E-state index contributed by atoms with van der Waals surface area (Å²) in [5.74, 6) is 1.63. The van der Waals surface area contributed by atoms with Crippen LogP contribution in [0.1, 0.15) is 75.6 Å². The molecule has 3 heteroatoms. The molecule has 0 radical (unpaired) electrons. The third-order valence-corrected chi connectivity index (χ3v) is 6.23. The van der Waals surface area contributed by atoms with Gasteiger partial charge in [0.05, 0.1) is 12.2 Å². The molecule has 1 aliphatic carbocycles. The first-order valence-corrected chi connectivity index (χ1v) is 11.0. The molecule has 0 aromatic heterocycles. The average molecular weight is 385 g/mol. The molecule has 1 aliphatic heterocycles. The van der Waals surface area contributed by atoms with Gasteiger partial charge in [-0.1, -0.05) is 45.4 Å². The lowest BCUT2D eigenvalue weighted by Crippen LogP contribution is -2.36. The van der Waals surface area contributed by atoms with Crippen molar-refractivity contribution in [1.29, 1.82) is 0 Å². The van der Waals surface area contributed by atoms with E-state index in [1.807, 2.05) is 0 Å². The summed E-state index contributed by atoms with van der Waals surface area (Å²) in [6.07, 6.45) is 5.25. The van der Waals surface area contributed by atoms with Crippen LogP contribution in [0.3, 0.4) is 0 Å². The van der Waals surface area contributed by atoms with Gasteiger partial charge in [-0.15, -0.1) is 0 Å². The molecule has 0 amide bonds. The minimum absolute atomic E-state index is 0.0224. The molecule has 1 heterocycles. The van der Waals surface area contributed by atoms with E-state index in [2.05, 4.69) is 46.8 Å². The van der Waals surface area contributed by atoms with E-state index in [0.29, 0.717) is 18.9 Å². The van der Waals surface area contributed by atoms with Gasteiger partial charge in [0.15, 0.2) is 5.78 Å². The first-order chi connectivity index (χ1) is 13.4. The fourth-order valence-electron chi connectivity index (χ4n) is 4.72. The lowest BCUT2D eigenvalue weighted by atomic mass is 9.67. The monoisotopic (exact) mass is 384 g/mol. The number of Topliss-reactive ketones (excluding diaryl/α,β-unsaturated/α-hetero) is 1. The number of ketones is 1. The normalized spacial score (nSPS) is 19.6. The standard InChI is InChI=1S/C25H36O3/c1-6-19-12-18(5)13-20(7-2)23(19)24-21(26)14-25(8-10-27-11-9-25)15-22(24)28-16-17(3)4/h12-13,17H,6-11,14-16H2,1-5H3. The smallest absolute Gasteiger partial charge is 0.167 e. The molecule has 1 spiro atoms. The number of hydrogen-bond acceptors (Lipinski definition) is 3. The Hall–Kier alpha value is -1.61. The van der Waals surface area contributed by atoms with Crippen molar-refractivity contribution in [3.63, 3.8) is 0 Å². The van der Waals surface area contributed by atoms with Crippen LogP contribution in [-0.4, -0.2) is 25.6 Å². The molecule has 0 saturated carbocycles. The molecule has 0 N–H and O–H groups in total. The van der Waals surface area contributed by atoms with E-state index < -0.39 is 0 Å². The van der Waals surface area contributed by atoms with Gasteiger partial charge in [0, 0.05) is 26.1 Å². The molecule has 0 bridgehead atoms. The minimum Gasteiger partial charge on any atom is -0.497 e. The van der Waals surface area contributed by atoms with Crippen LogP contribution in [0.4, 0.5) is 0 Å². The Labute approximate surface area is 170 Å². The van der Waals surface area contributed by atoms with Crippen LogP contribution < -0.4 is 0 Å². The van der Waals surface area contributed by atoms with Crippen molar-refractivity contribution in [3.05, 3.63) is 40.1 Å². The van der Waals surface area contributed by atoms with Crippen LogP contribution in [0.2, 0.25) is 0 Å². The Morgan fingerprint density at radius 2 is 1.68 bits per heavy atom. The van der Waals surface area contributed by atoms with Crippen molar-refractivity contribution in [2.24, 2.45) is 11.3 Å². The highest BCUT2D eigenvalue weighted by Gasteiger charge is 2.43. The van der Waals surface area contributed by atoms with Gasteiger partial charge in [0.2, 0.25) is 0 Å². The molecule has 3 nitrogen and oxygen atoms in total. The van der Waals surface area contributed by atoms with Crippen LogP contribution in [0, 0.1) is 18.3 Å². The molecule has 1 aromatic rings. The summed E-state index contributed by atoms with van der Waals surface area (Å²) in [5, 5.41) is 0. The van der Waals surface area contributed by atoms with E-state index in [4.69, 9.17) is 9.47 Å². The lowest BCUT2D eigenvalue weighted by Gasteiger charge is -2.41. The highest BCUT2D eigenvalue weighted by atomic mass is 16.5. The summed E-state index contributed by atoms with van der Waals surface area (Å²) in [7, 11) is 0. The number of allylic oxidation sites excluding steroid dienone is 2. The second kappa shape index (κ2) is 8.82. The minimum atomic E-state index is 0.0224. The summed E-state index contributed by atoms with van der Waals surface area (Å²) >= 11 is 0. The zero-order chi connectivity index (χ0) is 20.3. The van der Waals surface area contributed by atoms with Crippen molar-refractivity contribution in [1.82, 2.24) is 0 Å². The number of ether oxygens (including phenoxy) is 2. The second-order valence-electron chi connectivity index (χ2n) is 9.06. The van der Waals surface area contributed by atoms with Crippen molar-refractivity contribution >= 4 is 11.4 Å². The zero-order valence-electron chi connectivity index (χ0n) is 18.3. The molecular formula is C25H36O3. The van der Waals surface area contributed by atoms with Gasteiger partial charge >= 0.3 is 0 Å². The Bertz CT molecular complexity index is 726. The maximum absolute atomic E-state index is 13.6. The van der Waals surface area contributed by atoms with E-state index in [-0.39, 0.29) is 11.2 Å². The highest BCUT2D eigenvalue weighted by molar-refractivity contribution is 6.23. The van der Waals surface area contributed by atoms with Crippen LogP contribution in [-0.2, 0) is 27.1 Å². The topological polar surface area (TPSA) is 35.5 Å². The van der Waals surface area contributed by atoms with Crippen LogP contribution in [0.25, 0.3) is 5.57 Å². The number of carbonyl (C=O) groups excluding carboxylic acids is 1. The number of hydrogen-bond donors (Lipinski definition) is 0. The maximum Gasteiger partial charge on any atom is 0.167 e. The summed E-state index contributed by atoms with van der Waals surface area (Å²) in [6.45, 7) is 13.0. The van der Waals surface area contributed by atoms with E-state index in [9.17, 15) is 4.79 Å². The molecule has 3 rings (SSSR count). The molecule has 0 atom stereocenters. The molecule has 1 saturated heterocycles. The van der Waals surface area contributed by atoms with Gasteiger partial charge in [0.25, 0.3) is 0 Å². The second-order valence-corrected chi connectivity index (χ2v) is 9.06. The van der Waals surface area contributed by atoms with Crippen molar-refractivity contribution in [3.8, 4) is 0 Å². The van der Waals surface area contributed by atoms with Crippen molar-refractivity contribution in [2.45, 2.75) is 73.1 Å². The third kappa shape index (κ3) is 4.35. The largest absolute Gasteiger partial charge is 0.497 e. The van der Waals surface area contributed by atoms with Crippen LogP contribution in [0.5, 0.6) is 0 Å². The number of benzene rings is 1. The first-order valence-electron chi connectivity index (χ1n) is 11.0. The van der Waals surface area contributed by atoms with Crippen molar-refractivity contribution in [2.75, 3.05) is 19.8 Å². The predicted molar refractivity (Wildman–Crippen MR) is 114 cm³/mol. The fraction of sp³-hybridized carbons (Fsp3) is 0.640. The summed E-state index contributed by atoms with van der Waals surface area (Å²) < 4.78 is 12.0. The summed E-state index contributed by atoms with van der Waals surface area (Å²) in [5.41, 5.74) is 5.86. The van der Waals surface area contributed by atoms with E-state index in [0.717, 1.165) is 62.2 Å². The molecule has 154 valence electrons. The van der Waals surface area contributed by atoms with Gasteiger partial charge in [-0.3, -0.25) is 4.79 Å². The van der Waals surface area contributed by atoms with Crippen LogP contribution in [0.15, 0.2) is 17.9 Å². The molecule has 1 fully saturated rings. The van der Waals surface area contributed by atoms with E-state index in [1.165, 1.54) is 16.7 Å². The quantitative estimate of drug-likeness (QED) is 0.634. The van der Waals surface area contributed by atoms with Gasteiger partial charge in [-0.2, -0.15) is 0 Å². The zero-order valence-corrected chi connectivity index (χ0v) is 18.3. The first kappa shape index (κ1) is 21.1. The Balaban J connectivity index is 2.13. The Morgan fingerprint density at radius 3 is 2.21 bits per heavy atom. The molecular weight excluding hydrogens is 348 g/mol. The van der Waals surface area contributed by atoms with Gasteiger partial charge in [0.1, 0.15) is 5.76 Å². The Morgan fingerprint density at radius 1 is 1.07 bits per heavy atom. The van der Waals surface area contributed by atoms with E-state index in [1.54, 1.807) is 0 Å². The average Bonchev–Trinajstić information content (AvgIpc) is 2.66. The van der Waals surface area contributed by atoms with E-state index >= 15 is 0 Å². The predicted octanol–water partition coefficient (Wildman–Crippen LogP) is 5.66. The molecule has 1 aromatic carbocycles. The summed E-state index contributed by atoms with van der Waals surface area (Å²) in [6, 6.07) is 4.49. The van der Waals surface area contributed by atoms with Gasteiger partial charge < -0.3 is 9.47 Å². The number of aryl methyl sites for hydroxylation is 3. The fourth-order valence-corrected chi connectivity index (χ4v) is 4.72. The van der Waals surface area contributed by atoms with Crippen LogP contribution >= 0.6 is 0 Å². The van der Waals surface area contributed by atoms with Gasteiger partial charge in [-0.25, -0.2) is 0 Å². The lowest BCUT2D eigenvalue weighted by molar-refractivity contribution is -0.119. The molecule has 0 unspecified atom stereocenters. The number of carbonyl (C=O) groups is 1. The van der Waals surface area contributed by atoms with Crippen molar-refractivity contribution < 1.29 is 14.3 Å². The number of rotatable bonds is 6. The van der Waals surface area contributed by atoms with Gasteiger partial charge in [-0.05, 0) is 60.6 Å². The maximum atomic E-state index is 13.6.